The predicted octanol–water partition coefficient (Wildman–Crippen LogP) is 1.59. The maximum Gasteiger partial charge on any atom is 0.255 e. The maximum absolute atomic E-state index is 13.1. The molecular formula is C10H12FNO2. The smallest absolute Gasteiger partial charge is 0.255 e. The van der Waals surface area contributed by atoms with Gasteiger partial charge in [-0.15, -0.1) is 0 Å². The number of halogens is 1. The zero-order valence-corrected chi connectivity index (χ0v) is 8.10. The molecule has 0 heterocycles. The molecule has 1 aromatic carbocycles. The molecule has 1 rings (SSSR count). The number of aromatic hydroxyl groups is 1. The summed E-state index contributed by atoms with van der Waals surface area (Å²) in [5, 5.41) is 11.9. The fourth-order valence-corrected chi connectivity index (χ4v) is 1.21. The maximum atomic E-state index is 13.1. The van der Waals surface area contributed by atoms with Gasteiger partial charge in [-0.25, -0.2) is 4.39 Å². The van der Waals surface area contributed by atoms with Crippen LogP contribution in [0.15, 0.2) is 12.1 Å². The van der Waals surface area contributed by atoms with Crippen LogP contribution in [0.2, 0.25) is 0 Å². The molecule has 1 amide bonds. The summed E-state index contributed by atoms with van der Waals surface area (Å²) in [6.07, 6.45) is 0. The zero-order chi connectivity index (χ0) is 10.7. The van der Waals surface area contributed by atoms with Gasteiger partial charge < -0.3 is 10.4 Å². The zero-order valence-electron chi connectivity index (χ0n) is 8.10. The van der Waals surface area contributed by atoms with Crippen LogP contribution in [0.1, 0.15) is 22.8 Å². The molecule has 0 spiro atoms. The number of amides is 1. The van der Waals surface area contributed by atoms with Crippen molar-refractivity contribution in [2.75, 3.05) is 6.54 Å². The van der Waals surface area contributed by atoms with E-state index in [9.17, 15) is 14.3 Å². The highest BCUT2D eigenvalue weighted by atomic mass is 19.1. The molecule has 0 saturated carbocycles. The lowest BCUT2D eigenvalue weighted by molar-refractivity contribution is 0.0952. The first-order valence-electron chi connectivity index (χ1n) is 4.34. The highest BCUT2D eigenvalue weighted by molar-refractivity contribution is 5.98. The van der Waals surface area contributed by atoms with Crippen LogP contribution in [0.25, 0.3) is 0 Å². The quantitative estimate of drug-likeness (QED) is 0.756. The fraction of sp³-hybridized carbons (Fsp3) is 0.300. The molecule has 14 heavy (non-hydrogen) atoms. The molecule has 0 aliphatic rings. The Kier molecular flexibility index (Phi) is 3.06. The van der Waals surface area contributed by atoms with Crippen LogP contribution >= 0.6 is 0 Å². The normalized spacial score (nSPS) is 9.93. The Hall–Kier alpha value is -1.58. The van der Waals surface area contributed by atoms with E-state index in [1.54, 1.807) is 6.92 Å². The monoisotopic (exact) mass is 197 g/mol. The minimum absolute atomic E-state index is 0.00634. The third-order valence-electron chi connectivity index (χ3n) is 1.94. The van der Waals surface area contributed by atoms with Gasteiger partial charge in [-0.2, -0.15) is 0 Å². The van der Waals surface area contributed by atoms with Crippen molar-refractivity contribution in [1.82, 2.24) is 5.32 Å². The summed E-state index contributed by atoms with van der Waals surface area (Å²) in [4.78, 5) is 11.4. The lowest BCUT2D eigenvalue weighted by Gasteiger charge is -2.08. The van der Waals surface area contributed by atoms with E-state index in [2.05, 4.69) is 5.32 Å². The highest BCUT2D eigenvalue weighted by Gasteiger charge is 2.15. The number of phenols is 1. The summed E-state index contributed by atoms with van der Waals surface area (Å²) in [5.41, 5.74) is 0.169. The number of rotatable bonds is 2. The second kappa shape index (κ2) is 4.09. The molecule has 0 saturated heterocycles. The molecule has 4 heteroatoms. The van der Waals surface area contributed by atoms with Crippen molar-refractivity contribution in [2.45, 2.75) is 13.8 Å². The Morgan fingerprint density at radius 3 is 2.79 bits per heavy atom. The number of carbonyl (C=O) groups is 1. The molecule has 0 radical (unpaired) electrons. The summed E-state index contributed by atoms with van der Waals surface area (Å²) in [7, 11) is 0. The second-order valence-electron chi connectivity index (χ2n) is 2.93. The molecule has 0 aromatic heterocycles. The topological polar surface area (TPSA) is 49.3 Å². The van der Waals surface area contributed by atoms with Crippen molar-refractivity contribution in [1.29, 1.82) is 0 Å². The van der Waals surface area contributed by atoms with Crippen LogP contribution in [0.3, 0.4) is 0 Å². The minimum atomic E-state index is -0.496. The molecule has 3 nitrogen and oxygen atoms in total. The molecular weight excluding hydrogens is 185 g/mol. The highest BCUT2D eigenvalue weighted by Crippen LogP contribution is 2.22. The Morgan fingerprint density at radius 2 is 2.21 bits per heavy atom. The number of phenolic OH excluding ortho intramolecular Hbond substituents is 1. The Bertz CT molecular complexity index is 363. The van der Waals surface area contributed by atoms with E-state index in [4.69, 9.17) is 0 Å². The van der Waals surface area contributed by atoms with Crippen molar-refractivity contribution in [3.05, 3.63) is 29.1 Å². The Balaban J connectivity index is 3.18. The number of hydrogen-bond acceptors (Lipinski definition) is 2. The van der Waals surface area contributed by atoms with E-state index in [0.29, 0.717) is 6.54 Å². The third kappa shape index (κ3) is 1.84. The number of nitrogens with one attached hydrogen (secondary N) is 1. The van der Waals surface area contributed by atoms with Gasteiger partial charge in [-0.1, -0.05) is 0 Å². The summed E-state index contributed by atoms with van der Waals surface area (Å²) in [5.74, 6) is -1.15. The lowest BCUT2D eigenvalue weighted by atomic mass is 10.1. The van der Waals surface area contributed by atoms with Gasteiger partial charge >= 0.3 is 0 Å². The average molecular weight is 197 g/mol. The van der Waals surface area contributed by atoms with E-state index in [1.807, 2.05) is 0 Å². The van der Waals surface area contributed by atoms with Gasteiger partial charge in [0, 0.05) is 12.1 Å². The van der Waals surface area contributed by atoms with E-state index in [1.165, 1.54) is 13.0 Å². The van der Waals surface area contributed by atoms with E-state index in [0.717, 1.165) is 6.07 Å². The summed E-state index contributed by atoms with van der Waals surface area (Å²) >= 11 is 0. The van der Waals surface area contributed by atoms with Crippen molar-refractivity contribution in [2.24, 2.45) is 0 Å². The molecule has 0 fully saturated rings. The van der Waals surface area contributed by atoms with Gasteiger partial charge in [-0.05, 0) is 26.0 Å². The first kappa shape index (κ1) is 10.5. The van der Waals surface area contributed by atoms with Crippen molar-refractivity contribution >= 4 is 5.91 Å². The number of carbonyl (C=O) groups excluding carboxylic acids is 1. The summed E-state index contributed by atoms with van der Waals surface area (Å²) in [6.45, 7) is 3.65. The molecule has 0 atom stereocenters. The molecule has 2 N–H and O–H groups in total. The third-order valence-corrected chi connectivity index (χ3v) is 1.94. The van der Waals surface area contributed by atoms with Crippen LogP contribution in [0.4, 0.5) is 4.39 Å². The van der Waals surface area contributed by atoms with Gasteiger partial charge in [0.25, 0.3) is 5.91 Å². The van der Waals surface area contributed by atoms with E-state index >= 15 is 0 Å². The Labute approximate surface area is 81.6 Å². The number of hydrogen-bond donors (Lipinski definition) is 2. The van der Waals surface area contributed by atoms with Gasteiger partial charge in [-0.3, -0.25) is 4.79 Å². The standard InChI is InChI=1S/C10H12FNO2/c1-3-12-10(14)9-6(2)7(11)4-5-8(9)13/h4-5,13H,3H2,1-2H3,(H,12,14). The summed E-state index contributed by atoms with van der Waals surface area (Å²) < 4.78 is 13.1. The Morgan fingerprint density at radius 1 is 1.57 bits per heavy atom. The minimum Gasteiger partial charge on any atom is -0.507 e. The first-order valence-corrected chi connectivity index (χ1v) is 4.34. The van der Waals surface area contributed by atoms with Crippen molar-refractivity contribution in [3.8, 4) is 5.75 Å². The van der Waals surface area contributed by atoms with Gasteiger partial charge in [0.15, 0.2) is 0 Å². The second-order valence-corrected chi connectivity index (χ2v) is 2.93. The SMILES string of the molecule is CCNC(=O)c1c(O)ccc(F)c1C. The van der Waals surface area contributed by atoms with Crippen LogP contribution in [0.5, 0.6) is 5.75 Å². The van der Waals surface area contributed by atoms with Crippen molar-refractivity contribution < 1.29 is 14.3 Å². The van der Waals surface area contributed by atoms with Crippen LogP contribution in [-0.4, -0.2) is 17.6 Å². The largest absolute Gasteiger partial charge is 0.507 e. The average Bonchev–Trinajstić information content (AvgIpc) is 2.13. The number of benzene rings is 1. The lowest BCUT2D eigenvalue weighted by Crippen LogP contribution is -2.23. The summed E-state index contributed by atoms with van der Waals surface area (Å²) in [6, 6.07) is 2.31. The van der Waals surface area contributed by atoms with Crippen LogP contribution < -0.4 is 5.32 Å². The van der Waals surface area contributed by atoms with E-state index in [-0.39, 0.29) is 16.9 Å². The van der Waals surface area contributed by atoms with E-state index < -0.39 is 11.7 Å². The molecule has 0 aliphatic heterocycles. The first-order chi connectivity index (χ1) is 6.57. The van der Waals surface area contributed by atoms with Crippen LogP contribution in [-0.2, 0) is 0 Å². The fourth-order valence-electron chi connectivity index (χ4n) is 1.21. The van der Waals surface area contributed by atoms with Gasteiger partial charge in [0.2, 0.25) is 0 Å². The molecule has 1 aromatic rings. The molecule has 0 bridgehead atoms. The molecule has 0 unspecified atom stereocenters. The molecule has 76 valence electrons. The van der Waals surface area contributed by atoms with Crippen molar-refractivity contribution in [3.63, 3.8) is 0 Å². The van der Waals surface area contributed by atoms with Gasteiger partial charge in [0.1, 0.15) is 11.6 Å². The predicted molar refractivity (Wildman–Crippen MR) is 50.8 cm³/mol. The molecule has 0 aliphatic carbocycles. The van der Waals surface area contributed by atoms with Gasteiger partial charge in [0.05, 0.1) is 5.56 Å². The van der Waals surface area contributed by atoms with Crippen LogP contribution in [0, 0.1) is 12.7 Å².